The van der Waals surface area contributed by atoms with E-state index in [1.165, 1.54) is 19.3 Å². The first kappa shape index (κ1) is 12.0. The summed E-state index contributed by atoms with van der Waals surface area (Å²) in [6, 6.07) is 0.412. The monoisotopic (exact) mass is 199 g/mol. The van der Waals surface area contributed by atoms with E-state index in [0.29, 0.717) is 6.04 Å². The van der Waals surface area contributed by atoms with Gasteiger partial charge in [-0.25, -0.2) is 0 Å². The average molecular weight is 199 g/mol. The number of rotatable bonds is 6. The molecular formula is C11H25N3. The predicted molar refractivity (Wildman–Crippen MR) is 60.8 cm³/mol. The number of nitrogens with one attached hydrogen (secondary N) is 1. The predicted octanol–water partition coefficient (Wildman–Crippen LogP) is 1.35. The van der Waals surface area contributed by atoms with E-state index in [9.17, 15) is 0 Å². The van der Waals surface area contributed by atoms with E-state index >= 15 is 0 Å². The molecule has 1 aliphatic rings. The van der Waals surface area contributed by atoms with E-state index in [1.807, 2.05) is 0 Å². The highest BCUT2D eigenvalue weighted by molar-refractivity contribution is 4.96. The molecule has 1 saturated carbocycles. The van der Waals surface area contributed by atoms with Crippen LogP contribution in [-0.4, -0.2) is 30.6 Å². The molecule has 84 valence electrons. The lowest BCUT2D eigenvalue weighted by atomic mass is 9.85. The van der Waals surface area contributed by atoms with Crippen molar-refractivity contribution in [3.8, 4) is 0 Å². The first-order chi connectivity index (χ1) is 6.54. The second-order valence-corrected chi connectivity index (χ2v) is 5.00. The summed E-state index contributed by atoms with van der Waals surface area (Å²) in [6.45, 7) is 4.52. The Bertz CT molecular complexity index is 177. The van der Waals surface area contributed by atoms with E-state index < -0.39 is 0 Å². The fourth-order valence-electron chi connectivity index (χ4n) is 2.06. The van der Waals surface area contributed by atoms with E-state index in [4.69, 9.17) is 5.84 Å². The molecule has 0 aromatic carbocycles. The topological polar surface area (TPSA) is 41.3 Å². The molecule has 0 radical (unpaired) electrons. The Morgan fingerprint density at radius 1 is 1.50 bits per heavy atom. The maximum absolute atomic E-state index is 5.67. The van der Waals surface area contributed by atoms with Crippen molar-refractivity contribution in [3.05, 3.63) is 0 Å². The van der Waals surface area contributed by atoms with E-state index in [-0.39, 0.29) is 5.54 Å². The number of nitrogens with zero attached hydrogens (tertiary/aromatic N) is 1. The smallest absolute Gasteiger partial charge is 0.0394 e. The number of nitrogens with two attached hydrogens (primary N) is 1. The largest absolute Gasteiger partial charge is 0.302 e. The van der Waals surface area contributed by atoms with Crippen molar-refractivity contribution in [2.45, 2.75) is 51.1 Å². The molecule has 0 saturated heterocycles. The molecule has 0 spiro atoms. The van der Waals surface area contributed by atoms with Gasteiger partial charge in [0.1, 0.15) is 0 Å². The molecule has 0 aromatic rings. The van der Waals surface area contributed by atoms with Gasteiger partial charge in [0.25, 0.3) is 0 Å². The first-order valence-electron chi connectivity index (χ1n) is 5.68. The minimum absolute atomic E-state index is 0.178. The molecule has 1 aliphatic carbocycles. The van der Waals surface area contributed by atoms with Gasteiger partial charge in [0, 0.05) is 11.6 Å². The van der Waals surface area contributed by atoms with Crippen LogP contribution in [0.5, 0.6) is 0 Å². The Labute approximate surface area is 88.0 Å². The van der Waals surface area contributed by atoms with Gasteiger partial charge in [0.2, 0.25) is 0 Å². The Morgan fingerprint density at radius 3 is 2.36 bits per heavy atom. The summed E-state index contributed by atoms with van der Waals surface area (Å²) in [5.41, 5.74) is 3.18. The third-order valence-corrected chi connectivity index (χ3v) is 3.96. The highest BCUT2D eigenvalue weighted by Crippen LogP contribution is 2.37. The second-order valence-electron chi connectivity index (χ2n) is 5.00. The van der Waals surface area contributed by atoms with Crippen LogP contribution in [0.1, 0.15) is 39.5 Å². The Hall–Kier alpha value is -0.120. The molecule has 3 N–H and O–H groups in total. The molecule has 0 aromatic heterocycles. The Morgan fingerprint density at radius 2 is 2.07 bits per heavy atom. The fourth-order valence-corrected chi connectivity index (χ4v) is 2.06. The van der Waals surface area contributed by atoms with Crippen molar-refractivity contribution in [1.29, 1.82) is 0 Å². The standard InChI is InChI=1S/C11H25N3/c1-5-11(2,14(3)4)10(13-12)8-9-6-7-9/h9-10,13H,5-8,12H2,1-4H3. The minimum atomic E-state index is 0.178. The van der Waals surface area contributed by atoms with E-state index in [0.717, 1.165) is 12.3 Å². The molecule has 14 heavy (non-hydrogen) atoms. The first-order valence-corrected chi connectivity index (χ1v) is 5.68. The zero-order valence-corrected chi connectivity index (χ0v) is 10.0. The third-order valence-electron chi connectivity index (χ3n) is 3.96. The van der Waals surface area contributed by atoms with Gasteiger partial charge in [-0.05, 0) is 39.8 Å². The maximum atomic E-state index is 5.67. The van der Waals surface area contributed by atoms with Gasteiger partial charge in [-0.2, -0.15) is 0 Å². The van der Waals surface area contributed by atoms with Crippen molar-refractivity contribution in [2.75, 3.05) is 14.1 Å². The van der Waals surface area contributed by atoms with E-state index in [1.54, 1.807) is 0 Å². The van der Waals surface area contributed by atoms with E-state index in [2.05, 4.69) is 38.3 Å². The molecule has 2 atom stereocenters. The van der Waals surface area contributed by atoms with Gasteiger partial charge in [-0.3, -0.25) is 11.3 Å². The van der Waals surface area contributed by atoms with Crippen molar-refractivity contribution >= 4 is 0 Å². The van der Waals surface area contributed by atoms with Crippen molar-refractivity contribution < 1.29 is 0 Å². The number of hydrogen-bond acceptors (Lipinski definition) is 3. The van der Waals surface area contributed by atoms with Gasteiger partial charge in [-0.1, -0.05) is 19.8 Å². The SMILES string of the molecule is CCC(C)(C(CC1CC1)NN)N(C)C. The van der Waals surface area contributed by atoms with Crippen LogP contribution >= 0.6 is 0 Å². The van der Waals surface area contributed by atoms with Crippen LogP contribution in [0.4, 0.5) is 0 Å². The zero-order chi connectivity index (χ0) is 10.8. The molecule has 0 amide bonds. The molecule has 3 heteroatoms. The van der Waals surface area contributed by atoms with Crippen LogP contribution in [0.3, 0.4) is 0 Å². The quantitative estimate of drug-likeness (QED) is 0.501. The number of likely N-dealkylation sites (N-methyl/N-ethyl adjacent to an activating group) is 1. The lowest BCUT2D eigenvalue weighted by Crippen LogP contribution is -2.58. The fraction of sp³-hybridized carbons (Fsp3) is 1.00. The molecule has 2 unspecified atom stereocenters. The lowest BCUT2D eigenvalue weighted by Gasteiger charge is -2.42. The second kappa shape index (κ2) is 4.60. The van der Waals surface area contributed by atoms with Gasteiger partial charge < -0.3 is 4.90 Å². The summed E-state index contributed by atoms with van der Waals surface area (Å²) >= 11 is 0. The minimum Gasteiger partial charge on any atom is -0.302 e. The Kier molecular flexibility index (Phi) is 3.93. The van der Waals surface area contributed by atoms with Crippen molar-refractivity contribution in [3.63, 3.8) is 0 Å². The normalized spacial score (nSPS) is 23.6. The van der Waals surface area contributed by atoms with Crippen molar-refractivity contribution in [1.82, 2.24) is 10.3 Å². The highest BCUT2D eigenvalue weighted by Gasteiger charge is 2.37. The molecular weight excluding hydrogens is 174 g/mol. The van der Waals surface area contributed by atoms with Gasteiger partial charge >= 0.3 is 0 Å². The summed E-state index contributed by atoms with van der Waals surface area (Å²) < 4.78 is 0. The molecule has 0 bridgehead atoms. The molecule has 1 rings (SSSR count). The van der Waals surface area contributed by atoms with Crippen LogP contribution in [-0.2, 0) is 0 Å². The molecule has 0 aliphatic heterocycles. The number of hydrazine groups is 1. The maximum Gasteiger partial charge on any atom is 0.0394 e. The lowest BCUT2D eigenvalue weighted by molar-refractivity contribution is 0.105. The summed E-state index contributed by atoms with van der Waals surface area (Å²) in [5.74, 6) is 6.59. The molecule has 1 fully saturated rings. The van der Waals surface area contributed by atoms with Crippen LogP contribution in [0.2, 0.25) is 0 Å². The summed E-state index contributed by atoms with van der Waals surface area (Å²) in [7, 11) is 4.28. The van der Waals surface area contributed by atoms with Gasteiger partial charge in [0.05, 0.1) is 0 Å². The highest BCUT2D eigenvalue weighted by atomic mass is 15.3. The summed E-state index contributed by atoms with van der Waals surface area (Å²) in [4.78, 5) is 2.29. The van der Waals surface area contributed by atoms with Crippen LogP contribution < -0.4 is 11.3 Å². The van der Waals surface area contributed by atoms with Crippen LogP contribution in [0.25, 0.3) is 0 Å². The average Bonchev–Trinajstić information content (AvgIpc) is 2.96. The van der Waals surface area contributed by atoms with Crippen LogP contribution in [0, 0.1) is 5.92 Å². The van der Waals surface area contributed by atoms with Crippen molar-refractivity contribution in [2.24, 2.45) is 11.8 Å². The summed E-state index contributed by atoms with van der Waals surface area (Å²) in [5, 5.41) is 0. The number of hydrogen-bond donors (Lipinski definition) is 2. The van der Waals surface area contributed by atoms with Gasteiger partial charge in [-0.15, -0.1) is 0 Å². The third kappa shape index (κ3) is 2.47. The molecule has 3 nitrogen and oxygen atoms in total. The summed E-state index contributed by atoms with van der Waals surface area (Å²) in [6.07, 6.45) is 5.14. The zero-order valence-electron chi connectivity index (χ0n) is 10.0. The van der Waals surface area contributed by atoms with Crippen LogP contribution in [0.15, 0.2) is 0 Å². The molecule has 0 heterocycles. The van der Waals surface area contributed by atoms with Gasteiger partial charge in [0.15, 0.2) is 0 Å². The Balaban J connectivity index is 2.61.